The Morgan fingerprint density at radius 1 is 1.00 bits per heavy atom. The van der Waals surface area contributed by atoms with Crippen molar-refractivity contribution in [2.75, 3.05) is 31.1 Å². The van der Waals surface area contributed by atoms with Crippen LogP contribution in [0.4, 0.5) is 10.2 Å². The number of aromatic nitrogens is 4. The Balaban J connectivity index is 1.45. The number of hydrogen-bond donors (Lipinski definition) is 0. The molecule has 1 aromatic carbocycles. The van der Waals surface area contributed by atoms with Crippen LogP contribution in [0.1, 0.15) is 10.5 Å². The summed E-state index contributed by atoms with van der Waals surface area (Å²) in [5, 5.41) is 4.03. The predicted octanol–water partition coefficient (Wildman–Crippen LogP) is 1.34. The van der Waals surface area contributed by atoms with Crippen molar-refractivity contribution in [2.45, 2.75) is 0 Å². The standard InChI is InChI=1S/C20H19FN6O2/c1-25-19(28)7-6-16(24-25)20(29)27-10-8-26(9-11-27)18-12-17(22-13-23-18)14-2-4-15(21)5-3-14/h2-7,12-13H,8-11H2,1H3. The number of piperazine rings is 1. The molecule has 8 nitrogen and oxygen atoms in total. The van der Waals surface area contributed by atoms with E-state index in [0.29, 0.717) is 31.9 Å². The molecule has 9 heteroatoms. The fourth-order valence-electron chi connectivity index (χ4n) is 3.22. The minimum absolute atomic E-state index is 0.199. The van der Waals surface area contributed by atoms with Crippen molar-refractivity contribution >= 4 is 11.7 Å². The molecule has 0 atom stereocenters. The lowest BCUT2D eigenvalue weighted by molar-refractivity contribution is 0.0738. The molecular weight excluding hydrogens is 375 g/mol. The average Bonchev–Trinajstić information content (AvgIpc) is 2.76. The van der Waals surface area contributed by atoms with Gasteiger partial charge in [-0.1, -0.05) is 0 Å². The van der Waals surface area contributed by atoms with Crippen LogP contribution < -0.4 is 10.5 Å². The van der Waals surface area contributed by atoms with E-state index in [1.807, 2.05) is 6.07 Å². The summed E-state index contributed by atoms with van der Waals surface area (Å²) in [4.78, 5) is 36.5. The number of benzene rings is 1. The summed E-state index contributed by atoms with van der Waals surface area (Å²) in [6.45, 7) is 2.24. The Hall–Kier alpha value is -3.62. The first-order valence-electron chi connectivity index (χ1n) is 9.18. The van der Waals surface area contributed by atoms with Crippen molar-refractivity contribution in [3.63, 3.8) is 0 Å². The fraction of sp³-hybridized carbons (Fsp3) is 0.250. The summed E-state index contributed by atoms with van der Waals surface area (Å²) in [6, 6.07) is 10.8. The van der Waals surface area contributed by atoms with E-state index in [9.17, 15) is 14.0 Å². The van der Waals surface area contributed by atoms with E-state index in [1.165, 1.54) is 37.6 Å². The molecule has 0 spiro atoms. The Kier molecular flexibility index (Phi) is 5.03. The lowest BCUT2D eigenvalue weighted by Crippen LogP contribution is -2.49. The zero-order chi connectivity index (χ0) is 20.4. The van der Waals surface area contributed by atoms with Gasteiger partial charge < -0.3 is 9.80 Å². The van der Waals surface area contributed by atoms with Crippen molar-refractivity contribution in [1.29, 1.82) is 0 Å². The molecule has 1 fully saturated rings. The summed E-state index contributed by atoms with van der Waals surface area (Å²) in [5.41, 5.74) is 1.51. The number of amides is 1. The van der Waals surface area contributed by atoms with Gasteiger partial charge in [-0.25, -0.2) is 19.0 Å². The zero-order valence-electron chi connectivity index (χ0n) is 15.8. The number of rotatable bonds is 3. The van der Waals surface area contributed by atoms with Crippen LogP contribution >= 0.6 is 0 Å². The molecule has 1 amide bonds. The highest BCUT2D eigenvalue weighted by atomic mass is 19.1. The third kappa shape index (κ3) is 3.98. The molecule has 0 radical (unpaired) electrons. The molecule has 0 aliphatic carbocycles. The van der Waals surface area contributed by atoms with Crippen LogP contribution in [0.3, 0.4) is 0 Å². The van der Waals surface area contributed by atoms with Crippen LogP contribution in [0.15, 0.2) is 53.6 Å². The van der Waals surface area contributed by atoms with Crippen LogP contribution in [-0.4, -0.2) is 56.7 Å². The average molecular weight is 394 g/mol. The molecular formula is C20H19FN6O2. The summed E-state index contributed by atoms with van der Waals surface area (Å²) >= 11 is 0. The third-order valence-electron chi connectivity index (χ3n) is 4.86. The molecule has 1 aliphatic rings. The Labute approximate surface area is 166 Å². The first-order valence-corrected chi connectivity index (χ1v) is 9.18. The van der Waals surface area contributed by atoms with Gasteiger partial charge in [0.15, 0.2) is 0 Å². The van der Waals surface area contributed by atoms with E-state index in [-0.39, 0.29) is 23.0 Å². The second-order valence-electron chi connectivity index (χ2n) is 6.73. The molecule has 29 heavy (non-hydrogen) atoms. The molecule has 0 N–H and O–H groups in total. The number of hydrogen-bond acceptors (Lipinski definition) is 6. The van der Waals surface area contributed by atoms with Gasteiger partial charge in [0.25, 0.3) is 11.5 Å². The van der Waals surface area contributed by atoms with Gasteiger partial charge in [0.05, 0.1) is 5.69 Å². The monoisotopic (exact) mass is 394 g/mol. The zero-order valence-corrected chi connectivity index (χ0v) is 15.8. The molecule has 3 aromatic rings. The molecule has 4 rings (SSSR count). The highest BCUT2D eigenvalue weighted by Gasteiger charge is 2.24. The molecule has 3 heterocycles. The van der Waals surface area contributed by atoms with E-state index in [2.05, 4.69) is 20.0 Å². The normalized spacial score (nSPS) is 14.1. The molecule has 148 valence electrons. The lowest BCUT2D eigenvalue weighted by atomic mass is 10.1. The highest BCUT2D eigenvalue weighted by Crippen LogP contribution is 2.22. The number of anilines is 1. The Bertz CT molecular complexity index is 1090. The summed E-state index contributed by atoms with van der Waals surface area (Å²) in [6.07, 6.45) is 1.49. The van der Waals surface area contributed by atoms with Gasteiger partial charge in [0.1, 0.15) is 23.7 Å². The largest absolute Gasteiger partial charge is 0.353 e. The summed E-state index contributed by atoms with van der Waals surface area (Å²) in [5.74, 6) is 0.262. The van der Waals surface area contributed by atoms with Crippen molar-refractivity contribution in [2.24, 2.45) is 7.05 Å². The minimum Gasteiger partial charge on any atom is -0.353 e. The number of aryl methyl sites for hydroxylation is 1. The molecule has 0 unspecified atom stereocenters. The van der Waals surface area contributed by atoms with Gasteiger partial charge in [0.2, 0.25) is 0 Å². The maximum Gasteiger partial charge on any atom is 0.274 e. The lowest BCUT2D eigenvalue weighted by Gasteiger charge is -2.35. The molecule has 1 aliphatic heterocycles. The van der Waals surface area contributed by atoms with E-state index in [0.717, 1.165) is 16.1 Å². The molecule has 2 aromatic heterocycles. The second kappa shape index (κ2) is 7.78. The topological polar surface area (TPSA) is 84.2 Å². The highest BCUT2D eigenvalue weighted by molar-refractivity contribution is 5.92. The maximum absolute atomic E-state index is 13.1. The van der Waals surface area contributed by atoms with E-state index in [1.54, 1.807) is 17.0 Å². The molecule has 0 saturated carbocycles. The van der Waals surface area contributed by atoms with Gasteiger partial charge in [-0.3, -0.25) is 9.59 Å². The van der Waals surface area contributed by atoms with E-state index >= 15 is 0 Å². The van der Waals surface area contributed by atoms with Crippen LogP contribution in [0.2, 0.25) is 0 Å². The summed E-state index contributed by atoms with van der Waals surface area (Å²) in [7, 11) is 1.52. The number of carbonyl (C=O) groups excluding carboxylic acids is 1. The van der Waals surface area contributed by atoms with Crippen molar-refractivity contribution < 1.29 is 9.18 Å². The maximum atomic E-state index is 13.1. The van der Waals surface area contributed by atoms with Crippen LogP contribution in [0, 0.1) is 5.82 Å². The Morgan fingerprint density at radius 2 is 1.72 bits per heavy atom. The van der Waals surface area contributed by atoms with E-state index < -0.39 is 0 Å². The number of nitrogens with zero attached hydrogens (tertiary/aromatic N) is 6. The SMILES string of the molecule is Cn1nc(C(=O)N2CCN(c3cc(-c4ccc(F)cc4)ncn3)CC2)ccc1=O. The Morgan fingerprint density at radius 3 is 2.41 bits per heavy atom. The number of halogens is 1. The second-order valence-corrected chi connectivity index (χ2v) is 6.73. The third-order valence-corrected chi connectivity index (χ3v) is 4.86. The van der Waals surface area contributed by atoms with Crippen molar-refractivity contribution in [3.8, 4) is 11.3 Å². The van der Waals surface area contributed by atoms with Crippen LogP contribution in [0.25, 0.3) is 11.3 Å². The quantitative estimate of drug-likeness (QED) is 0.667. The molecule has 0 bridgehead atoms. The van der Waals surface area contributed by atoms with E-state index in [4.69, 9.17) is 0 Å². The fourth-order valence-corrected chi connectivity index (χ4v) is 3.22. The first kappa shape index (κ1) is 18.7. The summed E-state index contributed by atoms with van der Waals surface area (Å²) < 4.78 is 14.3. The first-order chi connectivity index (χ1) is 14.0. The van der Waals surface area contributed by atoms with Gasteiger partial charge in [-0.2, -0.15) is 5.10 Å². The predicted molar refractivity (Wildman–Crippen MR) is 105 cm³/mol. The minimum atomic E-state index is -0.295. The van der Waals surface area contributed by atoms with Crippen molar-refractivity contribution in [1.82, 2.24) is 24.6 Å². The van der Waals surface area contributed by atoms with Gasteiger partial charge in [-0.15, -0.1) is 0 Å². The van der Waals surface area contributed by atoms with Crippen LogP contribution in [-0.2, 0) is 7.05 Å². The number of carbonyl (C=O) groups is 1. The van der Waals surface area contributed by atoms with Gasteiger partial charge >= 0.3 is 0 Å². The van der Waals surface area contributed by atoms with Gasteiger partial charge in [-0.05, 0) is 30.3 Å². The molecule has 1 saturated heterocycles. The van der Waals surface area contributed by atoms with Crippen LogP contribution in [0.5, 0.6) is 0 Å². The van der Waals surface area contributed by atoms with Crippen molar-refractivity contribution in [3.05, 3.63) is 70.7 Å². The van der Waals surface area contributed by atoms with Gasteiger partial charge in [0, 0.05) is 50.9 Å². The smallest absolute Gasteiger partial charge is 0.274 e.